The Morgan fingerprint density at radius 2 is 1.13 bits per heavy atom. The van der Waals surface area contributed by atoms with Crippen molar-refractivity contribution >= 4 is 23.5 Å². The van der Waals surface area contributed by atoms with Crippen LogP contribution in [0.2, 0.25) is 0 Å². The highest BCUT2D eigenvalue weighted by atomic mass is 16.6. The number of epoxide rings is 1. The first-order chi connectivity index (χ1) is 22.6. The highest BCUT2D eigenvalue weighted by Crippen LogP contribution is 2.29. The number of azide groups is 1. The summed E-state index contributed by atoms with van der Waals surface area (Å²) in [5.41, 5.74) is 10.6. The van der Waals surface area contributed by atoms with Gasteiger partial charge in [0.15, 0.2) is 5.78 Å². The lowest BCUT2D eigenvalue weighted by atomic mass is 9.93. The Bertz CT molecular complexity index is 1560. The molecule has 0 aliphatic carbocycles. The van der Waals surface area contributed by atoms with Crippen LogP contribution in [0.3, 0.4) is 0 Å². The second-order valence-electron chi connectivity index (χ2n) is 12.5. The second-order valence-corrected chi connectivity index (χ2v) is 12.5. The van der Waals surface area contributed by atoms with Crippen molar-refractivity contribution in [2.75, 3.05) is 6.61 Å². The van der Waals surface area contributed by atoms with Crippen LogP contribution in [0.1, 0.15) is 43.9 Å². The van der Waals surface area contributed by atoms with Crippen molar-refractivity contribution in [3.05, 3.63) is 118 Å². The molecule has 5 atom stereocenters. The summed E-state index contributed by atoms with van der Waals surface area (Å²) in [4.78, 5) is 57.5. The maximum absolute atomic E-state index is 14.0. The fraction of sp³-hybridized carbons (Fsp3) is 0.389. The molecule has 0 saturated carbocycles. The van der Waals surface area contributed by atoms with Crippen molar-refractivity contribution in [3.63, 3.8) is 0 Å². The molecule has 3 N–H and O–H groups in total. The Kier molecular flexibility index (Phi) is 12.3. The van der Waals surface area contributed by atoms with Crippen molar-refractivity contribution in [1.29, 1.82) is 0 Å². The quantitative estimate of drug-likeness (QED) is 0.0869. The third kappa shape index (κ3) is 10.5. The molecular weight excluding hydrogens is 596 g/mol. The van der Waals surface area contributed by atoms with Crippen molar-refractivity contribution < 1.29 is 23.9 Å². The molecule has 0 spiro atoms. The molecule has 1 aliphatic rings. The van der Waals surface area contributed by atoms with Crippen LogP contribution in [-0.2, 0) is 43.2 Å². The van der Waals surface area contributed by atoms with E-state index in [0.29, 0.717) is 13.0 Å². The maximum Gasteiger partial charge on any atom is 0.243 e. The zero-order valence-electron chi connectivity index (χ0n) is 27.0. The topological polar surface area (TPSA) is 166 Å². The monoisotopic (exact) mass is 638 g/mol. The summed E-state index contributed by atoms with van der Waals surface area (Å²) in [5, 5.41) is 12.2. The Labute approximate surface area is 275 Å². The van der Waals surface area contributed by atoms with E-state index in [4.69, 9.17) is 4.74 Å². The number of nitrogens with one attached hydrogen (secondary N) is 3. The molecule has 1 heterocycles. The first kappa shape index (κ1) is 34.9. The van der Waals surface area contributed by atoms with Gasteiger partial charge in [-0.3, -0.25) is 19.2 Å². The van der Waals surface area contributed by atoms with Crippen LogP contribution in [-0.4, -0.2) is 59.9 Å². The molecule has 0 radical (unpaired) electrons. The molecule has 3 aromatic rings. The van der Waals surface area contributed by atoms with Crippen LogP contribution in [0.4, 0.5) is 0 Å². The van der Waals surface area contributed by atoms with E-state index in [1.54, 1.807) is 6.92 Å². The normalized spacial score (nSPS) is 17.7. The standard InChI is InChI=1S/C36H42N6O5/c1-24(2)19-28(32(43)36(3)23-47-36)38-33(44)29(20-25-13-7-4-8-14-25)39-34(45)30(21-26-15-9-5-10-16-26)40-35(46)31(41-42-37)22-27-17-11-6-12-18-27/h4-18,24,28-31H,19-23H2,1-3H3,(H,38,44)(H,39,45)(H,40,46)/t28-,29-,30-,31?,36+/m0/s1. The first-order valence-corrected chi connectivity index (χ1v) is 15.8. The highest BCUT2D eigenvalue weighted by molar-refractivity contribution is 5.98. The van der Waals surface area contributed by atoms with E-state index in [1.807, 2.05) is 105 Å². The molecule has 3 amide bonds. The average Bonchev–Trinajstić information content (AvgIpc) is 3.82. The smallest absolute Gasteiger partial charge is 0.243 e. The number of ether oxygens (including phenoxy) is 1. The number of carbonyl (C=O) groups excluding carboxylic acids is 4. The van der Waals surface area contributed by atoms with E-state index >= 15 is 0 Å². The maximum atomic E-state index is 14.0. The molecule has 1 aliphatic heterocycles. The van der Waals surface area contributed by atoms with Crippen LogP contribution >= 0.6 is 0 Å². The predicted octanol–water partition coefficient (Wildman–Crippen LogP) is 4.25. The predicted molar refractivity (Wildman–Crippen MR) is 178 cm³/mol. The van der Waals surface area contributed by atoms with Crippen molar-refractivity contribution in [2.24, 2.45) is 11.0 Å². The van der Waals surface area contributed by atoms with E-state index in [1.165, 1.54) is 0 Å². The molecule has 4 rings (SSSR count). The average molecular weight is 639 g/mol. The molecule has 246 valence electrons. The van der Waals surface area contributed by atoms with Gasteiger partial charge in [-0.15, -0.1) is 0 Å². The fourth-order valence-corrected chi connectivity index (χ4v) is 5.34. The van der Waals surface area contributed by atoms with Gasteiger partial charge in [-0.05, 0) is 47.9 Å². The molecule has 0 bridgehead atoms. The van der Waals surface area contributed by atoms with Crippen molar-refractivity contribution in [1.82, 2.24) is 16.0 Å². The molecule has 47 heavy (non-hydrogen) atoms. The summed E-state index contributed by atoms with van der Waals surface area (Å²) < 4.78 is 5.38. The zero-order chi connectivity index (χ0) is 33.8. The summed E-state index contributed by atoms with van der Waals surface area (Å²) >= 11 is 0. The van der Waals surface area contributed by atoms with Gasteiger partial charge < -0.3 is 20.7 Å². The van der Waals surface area contributed by atoms with Crippen LogP contribution in [0, 0.1) is 5.92 Å². The zero-order valence-corrected chi connectivity index (χ0v) is 27.0. The van der Waals surface area contributed by atoms with E-state index in [-0.39, 0.29) is 31.0 Å². The minimum atomic E-state index is -1.11. The van der Waals surface area contributed by atoms with Gasteiger partial charge in [-0.25, -0.2) is 0 Å². The van der Waals surface area contributed by atoms with E-state index in [9.17, 15) is 24.7 Å². The first-order valence-electron chi connectivity index (χ1n) is 15.8. The number of rotatable bonds is 17. The molecule has 1 unspecified atom stereocenters. The molecular formula is C36H42N6O5. The Morgan fingerprint density at radius 1 is 0.723 bits per heavy atom. The Morgan fingerprint density at radius 3 is 1.53 bits per heavy atom. The molecule has 1 fully saturated rings. The lowest BCUT2D eigenvalue weighted by Crippen LogP contribution is -2.58. The van der Waals surface area contributed by atoms with Crippen molar-refractivity contribution in [3.8, 4) is 0 Å². The summed E-state index contributed by atoms with van der Waals surface area (Å²) in [6, 6.07) is 23.4. The number of Topliss-reactive ketones (excluding diaryl/α,β-unsaturated/α-hetero) is 1. The molecule has 3 aromatic carbocycles. The van der Waals surface area contributed by atoms with Crippen LogP contribution in [0.25, 0.3) is 10.4 Å². The number of carbonyl (C=O) groups is 4. The van der Waals surface area contributed by atoms with Crippen LogP contribution in [0.15, 0.2) is 96.1 Å². The minimum absolute atomic E-state index is 0.110. The molecule has 11 heteroatoms. The third-order valence-electron chi connectivity index (χ3n) is 8.04. The van der Waals surface area contributed by atoms with Gasteiger partial charge in [-0.1, -0.05) is 110 Å². The van der Waals surface area contributed by atoms with E-state index in [2.05, 4.69) is 26.0 Å². The van der Waals surface area contributed by atoms with Gasteiger partial charge in [0.1, 0.15) is 23.7 Å². The van der Waals surface area contributed by atoms with Gasteiger partial charge in [0.25, 0.3) is 0 Å². The molecule has 0 aromatic heterocycles. The number of nitrogens with zero attached hydrogens (tertiary/aromatic N) is 3. The summed E-state index contributed by atoms with van der Waals surface area (Å²) in [6.07, 6.45) is 0.820. The largest absolute Gasteiger partial charge is 0.361 e. The van der Waals surface area contributed by atoms with Crippen molar-refractivity contribution in [2.45, 2.75) is 76.2 Å². The highest BCUT2D eigenvalue weighted by Gasteiger charge is 2.50. The number of benzene rings is 3. The number of amides is 3. The van der Waals surface area contributed by atoms with Gasteiger partial charge >= 0.3 is 0 Å². The van der Waals surface area contributed by atoms with Gasteiger partial charge in [0.2, 0.25) is 17.7 Å². The lowest BCUT2D eigenvalue weighted by Gasteiger charge is -2.27. The van der Waals surface area contributed by atoms with Gasteiger partial charge in [0, 0.05) is 17.8 Å². The number of hydrogen-bond donors (Lipinski definition) is 3. The van der Waals surface area contributed by atoms with E-state index in [0.717, 1.165) is 16.7 Å². The number of hydrogen-bond acceptors (Lipinski definition) is 6. The van der Waals surface area contributed by atoms with Gasteiger partial charge in [-0.2, -0.15) is 0 Å². The Hall–Kier alpha value is -4.99. The minimum Gasteiger partial charge on any atom is -0.361 e. The molecule has 11 nitrogen and oxygen atoms in total. The summed E-state index contributed by atoms with van der Waals surface area (Å²) in [6.45, 7) is 5.92. The fourth-order valence-electron chi connectivity index (χ4n) is 5.34. The Balaban J connectivity index is 1.58. The summed E-state index contributed by atoms with van der Waals surface area (Å²) in [7, 11) is 0. The van der Waals surface area contributed by atoms with Crippen LogP contribution < -0.4 is 16.0 Å². The lowest BCUT2D eigenvalue weighted by molar-refractivity contribution is -0.134. The SMILES string of the molecule is CC(C)C[C@H](NC(=O)[C@H](Cc1ccccc1)NC(=O)[C@H](Cc1ccccc1)NC(=O)C(Cc1ccccc1)N=[N+]=[N-])C(=O)[C@@]1(C)CO1. The summed E-state index contributed by atoms with van der Waals surface area (Å²) in [5.74, 6) is -1.83. The van der Waals surface area contributed by atoms with E-state index < -0.39 is 47.5 Å². The number of ketones is 1. The van der Waals surface area contributed by atoms with Crippen LogP contribution in [0.5, 0.6) is 0 Å². The second kappa shape index (κ2) is 16.5. The third-order valence-corrected chi connectivity index (χ3v) is 8.04. The molecule has 1 saturated heterocycles. The van der Waals surface area contributed by atoms with Gasteiger partial charge in [0.05, 0.1) is 12.6 Å².